The summed E-state index contributed by atoms with van der Waals surface area (Å²) in [4.78, 5) is 12.9. The zero-order valence-corrected chi connectivity index (χ0v) is 17.5. The van der Waals surface area contributed by atoms with Crippen LogP contribution in [0, 0.1) is 20.8 Å². The van der Waals surface area contributed by atoms with Crippen LogP contribution in [0.15, 0.2) is 77.7 Å². The van der Waals surface area contributed by atoms with Gasteiger partial charge < -0.3 is 5.32 Å². The summed E-state index contributed by atoms with van der Waals surface area (Å²) in [5.74, 6) is -0.406. The van der Waals surface area contributed by atoms with E-state index in [1.165, 1.54) is 0 Å². The van der Waals surface area contributed by atoms with Crippen LogP contribution in [0.3, 0.4) is 0 Å². The molecular weight excluding hydrogens is 384 g/mol. The second kappa shape index (κ2) is 8.49. The molecule has 0 spiro atoms. The Balaban J connectivity index is 1.96. The van der Waals surface area contributed by atoms with Gasteiger partial charge in [-0.2, -0.15) is 0 Å². The number of rotatable bonds is 6. The van der Waals surface area contributed by atoms with Crippen molar-refractivity contribution in [3.8, 4) is 0 Å². The first-order valence-electron chi connectivity index (χ1n) is 9.29. The minimum Gasteiger partial charge on any atom is -0.324 e. The van der Waals surface area contributed by atoms with Gasteiger partial charge in [-0.05, 0) is 62.2 Å². The van der Waals surface area contributed by atoms with Gasteiger partial charge in [0.2, 0.25) is 5.91 Å². The lowest BCUT2D eigenvalue weighted by Gasteiger charge is -2.24. The van der Waals surface area contributed by atoms with Crippen LogP contribution in [0.4, 0.5) is 11.4 Å². The van der Waals surface area contributed by atoms with E-state index in [-0.39, 0.29) is 11.4 Å². The van der Waals surface area contributed by atoms with Gasteiger partial charge in [-0.3, -0.25) is 9.10 Å². The molecule has 0 aliphatic heterocycles. The largest absolute Gasteiger partial charge is 0.324 e. The standard InChI is InChI=1S/C23H24N2O3S/c1-17-11-13-21(14-12-17)29(27,28)25(20-9-6-7-18(2)15-20)16-23(26)24-22-10-5-4-8-19(22)3/h4-15H,16H2,1-3H3,(H,24,26). The number of anilines is 2. The van der Waals surface area contributed by atoms with Crippen molar-refractivity contribution >= 4 is 27.3 Å². The number of para-hydroxylation sites is 1. The van der Waals surface area contributed by atoms with Crippen LogP contribution in [0.2, 0.25) is 0 Å². The first-order chi connectivity index (χ1) is 13.8. The Hall–Kier alpha value is -3.12. The molecule has 0 unspecified atom stereocenters. The van der Waals surface area contributed by atoms with Crippen LogP contribution in [-0.4, -0.2) is 20.9 Å². The maximum atomic E-state index is 13.4. The molecule has 0 aromatic heterocycles. The van der Waals surface area contributed by atoms with Crippen molar-refractivity contribution in [2.75, 3.05) is 16.2 Å². The van der Waals surface area contributed by atoms with Crippen molar-refractivity contribution in [2.24, 2.45) is 0 Å². The summed E-state index contributed by atoms with van der Waals surface area (Å²) in [6.45, 7) is 5.34. The molecule has 5 nitrogen and oxygen atoms in total. The van der Waals surface area contributed by atoms with Crippen LogP contribution < -0.4 is 9.62 Å². The van der Waals surface area contributed by atoms with E-state index in [0.29, 0.717) is 11.4 Å². The summed E-state index contributed by atoms with van der Waals surface area (Å²) in [5, 5.41) is 2.81. The van der Waals surface area contributed by atoms with E-state index in [4.69, 9.17) is 0 Å². The number of amides is 1. The van der Waals surface area contributed by atoms with E-state index in [1.54, 1.807) is 48.5 Å². The summed E-state index contributed by atoms with van der Waals surface area (Å²) < 4.78 is 27.9. The number of carbonyl (C=O) groups excluding carboxylic acids is 1. The van der Waals surface area contributed by atoms with Gasteiger partial charge in [0.15, 0.2) is 0 Å². The van der Waals surface area contributed by atoms with E-state index in [0.717, 1.165) is 21.0 Å². The molecule has 0 aliphatic carbocycles. The van der Waals surface area contributed by atoms with Crippen molar-refractivity contribution in [2.45, 2.75) is 25.7 Å². The lowest BCUT2D eigenvalue weighted by atomic mass is 10.2. The Morgan fingerprint density at radius 3 is 2.21 bits per heavy atom. The fraction of sp³-hybridized carbons (Fsp3) is 0.174. The molecule has 6 heteroatoms. The summed E-state index contributed by atoms with van der Waals surface area (Å²) >= 11 is 0. The Bertz CT molecular complexity index is 1120. The number of benzene rings is 3. The molecule has 3 aromatic carbocycles. The Morgan fingerprint density at radius 2 is 1.55 bits per heavy atom. The van der Waals surface area contributed by atoms with E-state index >= 15 is 0 Å². The number of carbonyl (C=O) groups is 1. The molecule has 0 radical (unpaired) electrons. The second-order valence-electron chi connectivity index (χ2n) is 7.03. The van der Waals surface area contributed by atoms with E-state index in [2.05, 4.69) is 5.32 Å². The summed E-state index contributed by atoms with van der Waals surface area (Å²) in [5.41, 5.74) is 3.89. The SMILES string of the molecule is Cc1ccc(S(=O)(=O)N(CC(=O)Nc2ccccc2C)c2cccc(C)c2)cc1. The molecule has 1 amide bonds. The highest BCUT2D eigenvalue weighted by atomic mass is 32.2. The van der Waals surface area contributed by atoms with Gasteiger partial charge in [-0.15, -0.1) is 0 Å². The third-order valence-corrected chi connectivity index (χ3v) is 6.39. The molecule has 3 rings (SSSR count). The van der Waals surface area contributed by atoms with Gasteiger partial charge in [0.05, 0.1) is 10.6 Å². The zero-order valence-electron chi connectivity index (χ0n) is 16.7. The maximum Gasteiger partial charge on any atom is 0.264 e. The molecule has 0 saturated heterocycles. The highest BCUT2D eigenvalue weighted by Crippen LogP contribution is 2.25. The number of nitrogens with one attached hydrogen (secondary N) is 1. The molecule has 0 saturated carbocycles. The first-order valence-corrected chi connectivity index (χ1v) is 10.7. The van der Waals surface area contributed by atoms with Crippen LogP contribution >= 0.6 is 0 Å². The fourth-order valence-electron chi connectivity index (χ4n) is 2.97. The predicted molar refractivity (Wildman–Crippen MR) is 117 cm³/mol. The van der Waals surface area contributed by atoms with Gasteiger partial charge in [-0.1, -0.05) is 48.0 Å². The molecular formula is C23H24N2O3S. The normalized spacial score (nSPS) is 11.1. The van der Waals surface area contributed by atoms with Crippen molar-refractivity contribution < 1.29 is 13.2 Å². The van der Waals surface area contributed by atoms with Crippen molar-refractivity contribution in [3.63, 3.8) is 0 Å². The summed E-state index contributed by atoms with van der Waals surface area (Å²) in [6.07, 6.45) is 0. The first kappa shape index (κ1) is 20.6. The average molecular weight is 409 g/mol. The Kier molecular flexibility index (Phi) is 6.03. The molecule has 0 bridgehead atoms. The van der Waals surface area contributed by atoms with Crippen LogP contribution in [0.5, 0.6) is 0 Å². The number of aryl methyl sites for hydroxylation is 3. The minimum absolute atomic E-state index is 0.147. The molecule has 0 heterocycles. The molecule has 0 fully saturated rings. The molecule has 29 heavy (non-hydrogen) atoms. The zero-order chi connectivity index (χ0) is 21.0. The molecule has 150 valence electrons. The number of nitrogens with zero attached hydrogens (tertiary/aromatic N) is 1. The lowest BCUT2D eigenvalue weighted by molar-refractivity contribution is -0.114. The minimum atomic E-state index is -3.91. The average Bonchev–Trinajstić information content (AvgIpc) is 2.68. The van der Waals surface area contributed by atoms with Gasteiger partial charge in [0.1, 0.15) is 6.54 Å². The van der Waals surface area contributed by atoms with Crippen molar-refractivity contribution in [1.29, 1.82) is 0 Å². The van der Waals surface area contributed by atoms with Crippen molar-refractivity contribution in [1.82, 2.24) is 0 Å². The predicted octanol–water partition coefficient (Wildman–Crippen LogP) is 4.45. The lowest BCUT2D eigenvalue weighted by Crippen LogP contribution is -2.38. The molecule has 0 atom stereocenters. The molecule has 0 aliphatic rings. The van der Waals surface area contributed by atoms with Gasteiger partial charge in [0.25, 0.3) is 10.0 Å². The molecule has 1 N–H and O–H groups in total. The van der Waals surface area contributed by atoms with Crippen molar-refractivity contribution in [3.05, 3.63) is 89.5 Å². The number of hydrogen-bond donors (Lipinski definition) is 1. The highest BCUT2D eigenvalue weighted by molar-refractivity contribution is 7.92. The van der Waals surface area contributed by atoms with Crippen LogP contribution in [-0.2, 0) is 14.8 Å². The van der Waals surface area contributed by atoms with Crippen LogP contribution in [0.1, 0.15) is 16.7 Å². The third-order valence-electron chi connectivity index (χ3n) is 4.60. The monoisotopic (exact) mass is 408 g/mol. The van der Waals surface area contributed by atoms with Crippen LogP contribution in [0.25, 0.3) is 0 Å². The summed E-state index contributed by atoms with van der Waals surface area (Å²) in [6, 6.07) is 21.1. The van der Waals surface area contributed by atoms with E-state index < -0.39 is 15.9 Å². The van der Waals surface area contributed by atoms with E-state index in [9.17, 15) is 13.2 Å². The summed E-state index contributed by atoms with van der Waals surface area (Å²) in [7, 11) is -3.91. The molecule has 3 aromatic rings. The fourth-order valence-corrected chi connectivity index (χ4v) is 4.38. The van der Waals surface area contributed by atoms with Gasteiger partial charge in [-0.25, -0.2) is 8.42 Å². The quantitative estimate of drug-likeness (QED) is 0.655. The Labute approximate surface area is 172 Å². The van der Waals surface area contributed by atoms with Gasteiger partial charge >= 0.3 is 0 Å². The van der Waals surface area contributed by atoms with E-state index in [1.807, 2.05) is 45.0 Å². The smallest absolute Gasteiger partial charge is 0.264 e. The second-order valence-corrected chi connectivity index (χ2v) is 8.89. The number of sulfonamides is 1. The maximum absolute atomic E-state index is 13.4. The van der Waals surface area contributed by atoms with Gasteiger partial charge in [0, 0.05) is 5.69 Å². The number of hydrogen-bond acceptors (Lipinski definition) is 3. The highest BCUT2D eigenvalue weighted by Gasteiger charge is 2.27. The third kappa shape index (κ3) is 4.84. The topological polar surface area (TPSA) is 66.5 Å². The Morgan fingerprint density at radius 1 is 0.862 bits per heavy atom.